The molecule has 0 N–H and O–H groups in total. The van der Waals surface area contributed by atoms with Gasteiger partial charge in [-0.3, -0.25) is 19.4 Å². The van der Waals surface area contributed by atoms with Crippen LogP contribution in [0, 0.1) is 0 Å². The third kappa shape index (κ3) is 4.72. The number of anilines is 2. The third-order valence-electron chi connectivity index (χ3n) is 8.72. The summed E-state index contributed by atoms with van der Waals surface area (Å²) in [5.74, 6) is -1.12. The van der Waals surface area contributed by atoms with E-state index in [2.05, 4.69) is 72.2 Å². The van der Waals surface area contributed by atoms with Gasteiger partial charge in [-0.1, -0.05) is 84.2 Å². The fourth-order valence-electron chi connectivity index (χ4n) is 6.53. The van der Waals surface area contributed by atoms with E-state index in [1.54, 1.807) is 37.4 Å². The Balaban J connectivity index is 1.44. The molecule has 1 saturated heterocycles. The monoisotopic (exact) mass is 646 g/mol. The first-order valence-electron chi connectivity index (χ1n) is 15.7. The lowest BCUT2D eigenvalue weighted by atomic mass is 10.0. The van der Waals surface area contributed by atoms with Gasteiger partial charge in [0.25, 0.3) is 11.8 Å². The van der Waals surface area contributed by atoms with Gasteiger partial charge in [-0.25, -0.2) is 4.79 Å². The summed E-state index contributed by atoms with van der Waals surface area (Å²) in [5.41, 5.74) is 2.76. The van der Waals surface area contributed by atoms with E-state index in [9.17, 15) is 14.4 Å². The zero-order chi connectivity index (χ0) is 32.1. The van der Waals surface area contributed by atoms with E-state index in [0.717, 1.165) is 52.8 Å². The van der Waals surface area contributed by atoms with Crippen LogP contribution in [0.25, 0.3) is 21.5 Å². The lowest BCUT2D eigenvalue weighted by Crippen LogP contribution is -2.56. The van der Waals surface area contributed by atoms with E-state index in [1.807, 2.05) is 36.4 Å². The van der Waals surface area contributed by atoms with E-state index < -0.39 is 17.8 Å². The van der Waals surface area contributed by atoms with Crippen molar-refractivity contribution in [2.45, 2.75) is 37.5 Å². The van der Waals surface area contributed by atoms with Gasteiger partial charge in [-0.15, -0.1) is 0 Å². The van der Waals surface area contributed by atoms with Gasteiger partial charge >= 0.3 is 6.03 Å². The summed E-state index contributed by atoms with van der Waals surface area (Å²) in [7, 11) is 0. The van der Waals surface area contributed by atoms with Crippen LogP contribution in [0.2, 0.25) is 0 Å². The molecule has 7 nitrogen and oxygen atoms in total. The number of hydrogen-bond donors (Lipinski definition) is 0. The second-order valence-corrected chi connectivity index (χ2v) is 13.3. The minimum absolute atomic E-state index is 0.0123. The van der Waals surface area contributed by atoms with Crippen molar-refractivity contribution in [2.24, 2.45) is 0 Å². The second kappa shape index (κ2) is 12.0. The van der Waals surface area contributed by atoms with Gasteiger partial charge in [-0.2, -0.15) is 0 Å². The molecule has 4 amide bonds. The molecule has 3 aliphatic rings. The summed E-state index contributed by atoms with van der Waals surface area (Å²) in [4.78, 5) is 50.3. The molecule has 3 aliphatic heterocycles. The van der Waals surface area contributed by atoms with E-state index in [-0.39, 0.29) is 18.7 Å². The van der Waals surface area contributed by atoms with Crippen molar-refractivity contribution in [1.82, 2.24) is 9.80 Å². The van der Waals surface area contributed by atoms with Crippen LogP contribution in [-0.2, 0) is 9.59 Å². The Labute approximate surface area is 277 Å². The molecular weight excluding hydrogens is 613 g/mol. The van der Waals surface area contributed by atoms with Crippen LogP contribution in [-0.4, -0.2) is 53.8 Å². The average molecular weight is 647 g/mol. The fraction of sp³-hybridized carbons (Fsp3) is 0.216. The predicted molar refractivity (Wildman–Crippen MR) is 189 cm³/mol. The highest BCUT2D eigenvalue weighted by atomic mass is 32.2. The third-order valence-corrected chi connectivity index (χ3v) is 10.9. The van der Waals surface area contributed by atoms with E-state index >= 15 is 0 Å². The first-order chi connectivity index (χ1) is 22.4. The molecule has 0 radical (unpaired) electrons. The van der Waals surface area contributed by atoms with Crippen LogP contribution in [0.5, 0.6) is 0 Å². The normalized spacial score (nSPS) is 18.2. The van der Waals surface area contributed by atoms with Crippen molar-refractivity contribution in [3.63, 3.8) is 0 Å². The Hall–Kier alpha value is -4.47. The number of amides is 4. The maximum absolute atomic E-state index is 14.0. The molecule has 232 valence electrons. The number of urea groups is 1. The number of allylic oxidation sites excluding steroid dienone is 3. The van der Waals surface area contributed by atoms with Crippen LogP contribution in [0.4, 0.5) is 16.2 Å². The summed E-state index contributed by atoms with van der Waals surface area (Å²) in [6.07, 6.45) is 3.93. The Kier molecular flexibility index (Phi) is 7.90. The smallest absolute Gasteiger partial charge is 0.333 e. The molecular formula is C37H34N4O3S2. The summed E-state index contributed by atoms with van der Waals surface area (Å²) in [6, 6.07) is 24.6. The molecule has 0 unspecified atom stereocenters. The number of carbonyl (C=O) groups excluding carboxylic acids is 3. The van der Waals surface area contributed by atoms with Crippen molar-refractivity contribution >= 4 is 74.3 Å². The first-order valence-corrected chi connectivity index (χ1v) is 17.3. The average Bonchev–Trinajstić information content (AvgIpc) is 3.62. The predicted octanol–water partition coefficient (Wildman–Crippen LogP) is 8.37. The topological polar surface area (TPSA) is 64.2 Å². The van der Waals surface area contributed by atoms with Gasteiger partial charge < -0.3 is 9.80 Å². The quantitative estimate of drug-likeness (QED) is 0.154. The standard InChI is InChI=1S/C37H34N4O3S2/c1-5-38-30(45-28-19-17-23-13-9-11-15-26(23)33(28)38)21-25(32-35(42)40(7-3)37(44)41(8-4)36(32)43)22-31-39(6-2)34-27-16-12-10-14-24(27)18-20-29(34)46-31/h9-22H,5-8H2,1-4H3/b30-21-,31-22+. The van der Waals surface area contributed by atoms with Crippen molar-refractivity contribution in [3.8, 4) is 0 Å². The molecule has 0 aromatic heterocycles. The Bertz CT molecular complexity index is 1910. The summed E-state index contributed by atoms with van der Waals surface area (Å²) < 4.78 is 0. The van der Waals surface area contributed by atoms with Gasteiger partial charge in [0.05, 0.1) is 21.4 Å². The van der Waals surface area contributed by atoms with Gasteiger partial charge in [0.1, 0.15) is 5.57 Å². The minimum atomic E-state index is -0.572. The molecule has 3 heterocycles. The van der Waals surface area contributed by atoms with Gasteiger partial charge in [0.15, 0.2) is 0 Å². The van der Waals surface area contributed by atoms with Crippen LogP contribution >= 0.6 is 23.5 Å². The molecule has 9 heteroatoms. The van der Waals surface area contributed by atoms with Crippen molar-refractivity contribution < 1.29 is 14.4 Å². The molecule has 0 spiro atoms. The number of likely N-dealkylation sites (N-methyl/N-ethyl adjacent to an activating group) is 2. The molecule has 7 rings (SSSR count). The van der Waals surface area contributed by atoms with E-state index in [1.165, 1.54) is 9.80 Å². The maximum Gasteiger partial charge on any atom is 0.333 e. The highest BCUT2D eigenvalue weighted by Gasteiger charge is 2.42. The van der Waals surface area contributed by atoms with Gasteiger partial charge in [0, 0.05) is 46.7 Å². The van der Waals surface area contributed by atoms with Crippen molar-refractivity contribution in [3.05, 3.63) is 106 Å². The van der Waals surface area contributed by atoms with Crippen LogP contribution in [0.1, 0.15) is 27.7 Å². The van der Waals surface area contributed by atoms with Crippen molar-refractivity contribution in [1.29, 1.82) is 0 Å². The number of thioether (sulfide) groups is 2. The van der Waals surface area contributed by atoms with Crippen molar-refractivity contribution in [2.75, 3.05) is 36.0 Å². The molecule has 4 aromatic rings. The molecule has 4 aromatic carbocycles. The molecule has 1 fully saturated rings. The highest BCUT2D eigenvalue weighted by molar-refractivity contribution is 8.04. The summed E-state index contributed by atoms with van der Waals surface area (Å²) in [6.45, 7) is 9.48. The molecule has 46 heavy (non-hydrogen) atoms. The lowest BCUT2D eigenvalue weighted by Gasteiger charge is -2.33. The fourth-order valence-corrected chi connectivity index (χ4v) is 8.92. The number of hydrogen-bond acceptors (Lipinski definition) is 7. The number of benzene rings is 4. The number of imide groups is 2. The number of barbiturate groups is 1. The molecule has 0 atom stereocenters. The Morgan fingerprint density at radius 2 is 0.978 bits per heavy atom. The summed E-state index contributed by atoms with van der Waals surface area (Å²) >= 11 is 3.26. The van der Waals surface area contributed by atoms with Gasteiger partial charge in [-0.05, 0) is 68.3 Å². The number of fused-ring (bicyclic) bond motifs is 6. The van der Waals surface area contributed by atoms with Crippen LogP contribution in [0.15, 0.2) is 116 Å². The van der Waals surface area contributed by atoms with E-state index in [4.69, 9.17) is 0 Å². The second-order valence-electron chi connectivity index (χ2n) is 11.1. The van der Waals surface area contributed by atoms with Gasteiger partial charge in [0.2, 0.25) is 0 Å². The summed E-state index contributed by atoms with van der Waals surface area (Å²) in [5, 5.41) is 6.46. The number of carbonyl (C=O) groups is 3. The first kappa shape index (κ1) is 30.2. The molecule has 0 saturated carbocycles. The SMILES string of the molecule is CCN1C(=O)C(=C(/C=C2\Sc3ccc4ccccc4c3N2CC)/C=C2/Sc3ccc4ccccc4c3N2CC)C(=O)N(CC)C1=O. The zero-order valence-electron chi connectivity index (χ0n) is 26.2. The molecule has 0 bridgehead atoms. The highest BCUT2D eigenvalue weighted by Crippen LogP contribution is 2.52. The van der Waals surface area contributed by atoms with Crippen LogP contribution < -0.4 is 9.80 Å². The Morgan fingerprint density at radius 1 is 0.565 bits per heavy atom. The number of rotatable bonds is 6. The maximum atomic E-state index is 14.0. The zero-order valence-corrected chi connectivity index (χ0v) is 27.9. The minimum Gasteiger partial charge on any atom is -0.335 e. The number of nitrogens with zero attached hydrogens (tertiary/aromatic N) is 4. The Morgan fingerprint density at radius 3 is 1.39 bits per heavy atom. The van der Waals surface area contributed by atoms with E-state index in [0.29, 0.717) is 18.7 Å². The van der Waals surface area contributed by atoms with Crippen LogP contribution in [0.3, 0.4) is 0 Å². The lowest BCUT2D eigenvalue weighted by molar-refractivity contribution is -0.135. The molecule has 0 aliphatic carbocycles. The largest absolute Gasteiger partial charge is 0.335 e.